The zero-order valence-corrected chi connectivity index (χ0v) is 19.4. The summed E-state index contributed by atoms with van der Waals surface area (Å²) in [6, 6.07) is 20.8. The van der Waals surface area contributed by atoms with Crippen LogP contribution in [0.4, 0.5) is 0 Å². The molecule has 1 aromatic heterocycles. The Morgan fingerprint density at radius 2 is 1.68 bits per heavy atom. The SMILES string of the molecule is O=C(NCCCl)c1ccc(-n2c(SCc3ccc(Cl)cc3)nc3ccc(Cl)cc32)cc1. The van der Waals surface area contributed by atoms with E-state index >= 15 is 0 Å². The third-order valence-electron chi connectivity index (χ3n) is 4.63. The van der Waals surface area contributed by atoms with Crippen LogP contribution in [0.15, 0.2) is 71.9 Å². The molecule has 0 spiro atoms. The number of hydrogen-bond acceptors (Lipinski definition) is 3. The topological polar surface area (TPSA) is 46.9 Å². The molecule has 0 radical (unpaired) electrons. The van der Waals surface area contributed by atoms with Crippen LogP contribution in [0.3, 0.4) is 0 Å². The van der Waals surface area contributed by atoms with Gasteiger partial charge in [-0.2, -0.15) is 0 Å². The van der Waals surface area contributed by atoms with Crippen LogP contribution >= 0.6 is 46.6 Å². The van der Waals surface area contributed by atoms with E-state index in [-0.39, 0.29) is 5.91 Å². The minimum Gasteiger partial charge on any atom is -0.351 e. The largest absolute Gasteiger partial charge is 0.351 e. The maximum absolute atomic E-state index is 12.2. The van der Waals surface area contributed by atoms with Crippen molar-refractivity contribution < 1.29 is 4.79 Å². The van der Waals surface area contributed by atoms with Gasteiger partial charge in [-0.1, -0.05) is 47.1 Å². The van der Waals surface area contributed by atoms with Crippen molar-refractivity contribution in [1.82, 2.24) is 14.9 Å². The standard InChI is InChI=1S/C23H18Cl3N3OS/c24-11-12-27-22(30)16-3-8-19(9-4-16)29-21-13-18(26)7-10-20(21)28-23(29)31-14-15-1-5-17(25)6-2-15/h1-10,13H,11-12,14H2,(H,27,30). The van der Waals surface area contributed by atoms with E-state index in [1.165, 1.54) is 0 Å². The second-order valence-corrected chi connectivity index (χ2v) is 8.96. The molecule has 0 aliphatic carbocycles. The lowest BCUT2D eigenvalue weighted by Gasteiger charge is -2.10. The molecule has 0 saturated carbocycles. The number of imidazole rings is 1. The molecule has 31 heavy (non-hydrogen) atoms. The maximum Gasteiger partial charge on any atom is 0.251 e. The van der Waals surface area contributed by atoms with E-state index in [9.17, 15) is 4.79 Å². The lowest BCUT2D eigenvalue weighted by Crippen LogP contribution is -2.25. The molecular formula is C23H18Cl3N3OS. The number of halogens is 3. The minimum absolute atomic E-state index is 0.150. The Morgan fingerprint density at radius 1 is 0.968 bits per heavy atom. The van der Waals surface area contributed by atoms with Gasteiger partial charge in [0, 0.05) is 39.5 Å². The Labute approximate surface area is 199 Å². The number of carbonyl (C=O) groups is 1. The summed E-state index contributed by atoms with van der Waals surface area (Å²) in [6.07, 6.45) is 0. The Morgan fingerprint density at radius 3 is 2.39 bits per heavy atom. The highest BCUT2D eigenvalue weighted by molar-refractivity contribution is 7.98. The van der Waals surface area contributed by atoms with Crippen LogP contribution in [0.1, 0.15) is 15.9 Å². The van der Waals surface area contributed by atoms with E-state index in [2.05, 4.69) is 9.88 Å². The molecule has 8 heteroatoms. The number of alkyl halides is 1. The van der Waals surface area contributed by atoms with Gasteiger partial charge in [0.1, 0.15) is 0 Å². The van der Waals surface area contributed by atoms with Crippen LogP contribution in [-0.2, 0) is 5.75 Å². The molecule has 0 saturated heterocycles. The van der Waals surface area contributed by atoms with Gasteiger partial charge in [-0.25, -0.2) is 4.98 Å². The third-order valence-corrected chi connectivity index (χ3v) is 6.32. The molecule has 0 atom stereocenters. The maximum atomic E-state index is 12.2. The Bertz CT molecular complexity index is 1210. The van der Waals surface area contributed by atoms with Gasteiger partial charge in [0.25, 0.3) is 5.91 Å². The Hall–Kier alpha value is -2.18. The molecule has 4 rings (SSSR count). The van der Waals surface area contributed by atoms with Gasteiger partial charge in [-0.05, 0) is 60.2 Å². The van der Waals surface area contributed by atoms with Crippen LogP contribution < -0.4 is 5.32 Å². The second-order valence-electron chi connectivity index (χ2n) is 6.77. The van der Waals surface area contributed by atoms with Gasteiger partial charge in [-0.3, -0.25) is 9.36 Å². The van der Waals surface area contributed by atoms with Crippen molar-refractivity contribution in [3.63, 3.8) is 0 Å². The first-order chi connectivity index (χ1) is 15.0. The summed E-state index contributed by atoms with van der Waals surface area (Å²) in [6.45, 7) is 0.429. The summed E-state index contributed by atoms with van der Waals surface area (Å²) < 4.78 is 2.06. The normalized spacial score (nSPS) is 11.1. The summed E-state index contributed by atoms with van der Waals surface area (Å²) in [5, 5.41) is 4.96. The average Bonchev–Trinajstić information content (AvgIpc) is 3.14. The average molecular weight is 491 g/mol. The number of rotatable bonds is 7. The predicted octanol–water partition coefficient (Wildman–Crippen LogP) is 6.59. The summed E-state index contributed by atoms with van der Waals surface area (Å²) in [7, 11) is 0. The zero-order valence-electron chi connectivity index (χ0n) is 16.3. The zero-order chi connectivity index (χ0) is 21.8. The lowest BCUT2D eigenvalue weighted by atomic mass is 10.2. The first-order valence-electron chi connectivity index (χ1n) is 9.55. The van der Waals surface area contributed by atoms with Gasteiger partial charge in [-0.15, -0.1) is 11.6 Å². The first kappa shape index (κ1) is 22.0. The van der Waals surface area contributed by atoms with E-state index < -0.39 is 0 Å². The number of benzene rings is 3. The number of carbonyl (C=O) groups excluding carboxylic acids is 1. The minimum atomic E-state index is -0.150. The molecule has 1 N–H and O–H groups in total. The molecule has 1 heterocycles. The smallest absolute Gasteiger partial charge is 0.251 e. The van der Waals surface area contributed by atoms with Crippen molar-refractivity contribution in [1.29, 1.82) is 0 Å². The van der Waals surface area contributed by atoms with Gasteiger partial charge < -0.3 is 5.32 Å². The Balaban J connectivity index is 1.68. The molecule has 3 aromatic carbocycles. The molecule has 4 nitrogen and oxygen atoms in total. The van der Waals surface area contributed by atoms with Crippen LogP contribution in [-0.4, -0.2) is 27.9 Å². The fourth-order valence-electron chi connectivity index (χ4n) is 3.13. The summed E-state index contributed by atoms with van der Waals surface area (Å²) in [5.74, 6) is 0.968. The van der Waals surface area contributed by atoms with Gasteiger partial charge in [0.15, 0.2) is 5.16 Å². The van der Waals surface area contributed by atoms with Crippen LogP contribution in [0.25, 0.3) is 16.7 Å². The highest BCUT2D eigenvalue weighted by atomic mass is 35.5. The molecule has 0 aliphatic rings. The van der Waals surface area contributed by atoms with Gasteiger partial charge >= 0.3 is 0 Å². The van der Waals surface area contributed by atoms with Gasteiger partial charge in [0.05, 0.1) is 11.0 Å². The third kappa shape index (κ3) is 5.18. The number of nitrogens with one attached hydrogen (secondary N) is 1. The number of aromatic nitrogens is 2. The van der Waals surface area contributed by atoms with Crippen molar-refractivity contribution in [3.05, 3.63) is 87.9 Å². The molecule has 158 valence electrons. The number of thioether (sulfide) groups is 1. The summed E-state index contributed by atoms with van der Waals surface area (Å²) >= 11 is 19.5. The van der Waals surface area contributed by atoms with Crippen molar-refractivity contribution in [2.75, 3.05) is 12.4 Å². The number of fused-ring (bicyclic) bond motifs is 1. The molecule has 0 aliphatic heterocycles. The number of amides is 1. The van der Waals surface area contributed by atoms with E-state index in [0.717, 1.165) is 33.2 Å². The van der Waals surface area contributed by atoms with Crippen molar-refractivity contribution >= 4 is 63.5 Å². The van der Waals surface area contributed by atoms with Crippen LogP contribution in [0, 0.1) is 0 Å². The van der Waals surface area contributed by atoms with Crippen molar-refractivity contribution in [2.24, 2.45) is 0 Å². The highest BCUT2D eigenvalue weighted by Crippen LogP contribution is 2.31. The van der Waals surface area contributed by atoms with E-state index in [1.807, 2.05) is 54.6 Å². The summed E-state index contributed by atoms with van der Waals surface area (Å²) in [5.41, 5.74) is 4.39. The van der Waals surface area contributed by atoms with Crippen LogP contribution in [0.5, 0.6) is 0 Å². The molecule has 0 bridgehead atoms. The molecule has 0 unspecified atom stereocenters. The van der Waals surface area contributed by atoms with Crippen molar-refractivity contribution in [2.45, 2.75) is 10.9 Å². The quantitative estimate of drug-likeness (QED) is 0.235. The molecular weight excluding hydrogens is 473 g/mol. The van der Waals surface area contributed by atoms with Crippen LogP contribution in [0.2, 0.25) is 10.0 Å². The monoisotopic (exact) mass is 489 g/mol. The number of nitrogens with zero attached hydrogens (tertiary/aromatic N) is 2. The number of hydrogen-bond donors (Lipinski definition) is 1. The second kappa shape index (κ2) is 9.96. The first-order valence-corrected chi connectivity index (χ1v) is 11.8. The van der Waals surface area contributed by atoms with E-state index in [4.69, 9.17) is 39.8 Å². The fraction of sp³-hybridized carbons (Fsp3) is 0.130. The van der Waals surface area contributed by atoms with Crippen molar-refractivity contribution in [3.8, 4) is 5.69 Å². The van der Waals surface area contributed by atoms with E-state index in [0.29, 0.717) is 28.0 Å². The Kier molecular flexibility index (Phi) is 7.08. The fourth-order valence-corrected chi connectivity index (χ4v) is 4.50. The van der Waals surface area contributed by atoms with Gasteiger partial charge in [0.2, 0.25) is 0 Å². The molecule has 0 fully saturated rings. The summed E-state index contributed by atoms with van der Waals surface area (Å²) in [4.78, 5) is 17.0. The highest BCUT2D eigenvalue weighted by Gasteiger charge is 2.15. The molecule has 4 aromatic rings. The van der Waals surface area contributed by atoms with E-state index in [1.54, 1.807) is 23.9 Å². The lowest BCUT2D eigenvalue weighted by molar-refractivity contribution is 0.0956. The predicted molar refractivity (Wildman–Crippen MR) is 130 cm³/mol. The molecule has 1 amide bonds.